The van der Waals surface area contributed by atoms with Gasteiger partial charge in [-0.05, 0) is 6.07 Å². The van der Waals surface area contributed by atoms with Crippen LogP contribution in [0.4, 0.5) is 11.4 Å². The van der Waals surface area contributed by atoms with Crippen LogP contribution < -0.4 is 34.9 Å². The first kappa shape index (κ1) is 18.3. The number of ether oxygens (including phenoxy) is 1. The standard InChI is InChI=1S/C9H12N2O6S.Na.H/c1-17-5-4-10-8-3-2-7(11(12)13)6-9(8)18(14,15)16;;/h2-3,6,10H,4-5H2,1H3,(H,14,15,16);;/q;+1;-1. The third kappa shape index (κ3) is 5.43. The van der Waals surface area contributed by atoms with Gasteiger partial charge < -0.3 is 11.5 Å². The van der Waals surface area contributed by atoms with Gasteiger partial charge in [-0.15, -0.1) is 0 Å². The minimum absolute atomic E-state index is 0. The second kappa shape index (κ2) is 7.78. The van der Waals surface area contributed by atoms with Crippen molar-refractivity contribution in [3.63, 3.8) is 0 Å². The molecular formula is C9H13N2NaO6S. The predicted molar refractivity (Wildman–Crippen MR) is 64.4 cm³/mol. The molecule has 2 N–H and O–H groups in total. The molecule has 0 spiro atoms. The molecule has 0 aliphatic heterocycles. The van der Waals surface area contributed by atoms with Crippen LogP contribution in [0.5, 0.6) is 0 Å². The maximum atomic E-state index is 11.1. The van der Waals surface area contributed by atoms with Crippen molar-refractivity contribution in [3.8, 4) is 0 Å². The number of nitro groups is 1. The molecule has 0 atom stereocenters. The second-order valence-electron chi connectivity index (χ2n) is 3.33. The molecule has 0 radical (unpaired) electrons. The zero-order chi connectivity index (χ0) is 13.8. The van der Waals surface area contributed by atoms with Gasteiger partial charge in [-0.25, -0.2) is 0 Å². The Morgan fingerprint density at radius 3 is 2.63 bits per heavy atom. The van der Waals surface area contributed by atoms with Gasteiger partial charge in [0, 0.05) is 25.8 Å². The molecule has 1 aromatic rings. The molecule has 0 aromatic heterocycles. The van der Waals surface area contributed by atoms with E-state index in [1.54, 1.807) is 0 Å². The molecule has 0 heterocycles. The summed E-state index contributed by atoms with van der Waals surface area (Å²) in [6.07, 6.45) is 0. The van der Waals surface area contributed by atoms with Crippen molar-refractivity contribution in [2.75, 3.05) is 25.6 Å². The second-order valence-corrected chi connectivity index (χ2v) is 4.72. The quantitative estimate of drug-likeness (QED) is 0.205. The fourth-order valence-corrected chi connectivity index (χ4v) is 1.96. The Morgan fingerprint density at radius 1 is 1.53 bits per heavy atom. The summed E-state index contributed by atoms with van der Waals surface area (Å²) >= 11 is 0. The van der Waals surface area contributed by atoms with Crippen molar-refractivity contribution in [2.45, 2.75) is 4.90 Å². The Balaban J connectivity index is 0. The van der Waals surface area contributed by atoms with Gasteiger partial charge in [0.1, 0.15) is 4.90 Å². The van der Waals surface area contributed by atoms with Crippen LogP contribution in [0.15, 0.2) is 23.1 Å². The third-order valence-corrected chi connectivity index (χ3v) is 2.97. The Bertz CT molecular complexity index is 553. The summed E-state index contributed by atoms with van der Waals surface area (Å²) in [5.74, 6) is 0. The summed E-state index contributed by atoms with van der Waals surface area (Å²) in [4.78, 5) is 9.26. The van der Waals surface area contributed by atoms with Crippen LogP contribution in [-0.2, 0) is 14.9 Å². The number of rotatable bonds is 6. The molecule has 8 nitrogen and oxygen atoms in total. The van der Waals surface area contributed by atoms with Gasteiger partial charge >= 0.3 is 29.6 Å². The summed E-state index contributed by atoms with van der Waals surface area (Å²) in [6.45, 7) is 0.624. The van der Waals surface area contributed by atoms with Crippen molar-refractivity contribution in [1.82, 2.24) is 0 Å². The van der Waals surface area contributed by atoms with Gasteiger partial charge in [-0.3, -0.25) is 14.7 Å². The number of nitro benzene ring substituents is 1. The summed E-state index contributed by atoms with van der Waals surface area (Å²) in [5, 5.41) is 13.2. The van der Waals surface area contributed by atoms with Crippen LogP contribution in [0.2, 0.25) is 0 Å². The van der Waals surface area contributed by atoms with E-state index in [4.69, 9.17) is 9.29 Å². The minimum Gasteiger partial charge on any atom is -1.00 e. The van der Waals surface area contributed by atoms with E-state index in [9.17, 15) is 18.5 Å². The van der Waals surface area contributed by atoms with E-state index in [1.807, 2.05) is 0 Å². The normalized spacial score (nSPS) is 10.6. The fraction of sp³-hybridized carbons (Fsp3) is 0.333. The topological polar surface area (TPSA) is 119 Å². The number of methoxy groups -OCH3 is 1. The summed E-state index contributed by atoms with van der Waals surface area (Å²) in [5.41, 5.74) is -0.333. The van der Waals surface area contributed by atoms with Crippen LogP contribution in [0.3, 0.4) is 0 Å². The van der Waals surface area contributed by atoms with Gasteiger partial charge in [0.15, 0.2) is 0 Å². The zero-order valence-corrected chi connectivity index (χ0v) is 13.3. The van der Waals surface area contributed by atoms with E-state index in [-0.39, 0.29) is 36.7 Å². The number of nitrogens with zero attached hydrogens (tertiary/aromatic N) is 1. The van der Waals surface area contributed by atoms with E-state index in [0.717, 1.165) is 12.1 Å². The molecular weight excluding hydrogens is 287 g/mol. The van der Waals surface area contributed by atoms with Crippen molar-refractivity contribution in [1.29, 1.82) is 0 Å². The molecule has 0 aliphatic carbocycles. The molecule has 0 unspecified atom stereocenters. The third-order valence-electron chi connectivity index (χ3n) is 2.08. The van der Waals surface area contributed by atoms with Crippen molar-refractivity contribution in [3.05, 3.63) is 28.3 Å². The Morgan fingerprint density at radius 2 is 2.16 bits per heavy atom. The predicted octanol–water partition coefficient (Wildman–Crippen LogP) is -1.98. The Labute approximate surface area is 133 Å². The van der Waals surface area contributed by atoms with E-state index < -0.39 is 25.6 Å². The first-order chi connectivity index (χ1) is 8.36. The number of nitrogens with one attached hydrogen (secondary N) is 1. The first-order valence-electron chi connectivity index (χ1n) is 4.85. The molecule has 1 aromatic carbocycles. The molecule has 102 valence electrons. The smallest absolute Gasteiger partial charge is 1.00 e. The number of anilines is 1. The van der Waals surface area contributed by atoms with E-state index in [2.05, 4.69) is 5.32 Å². The van der Waals surface area contributed by atoms with Gasteiger partial charge in [0.25, 0.3) is 15.8 Å². The molecule has 19 heavy (non-hydrogen) atoms. The summed E-state index contributed by atoms with van der Waals surface area (Å²) < 4.78 is 36.0. The molecule has 0 saturated heterocycles. The van der Waals surface area contributed by atoms with Gasteiger partial charge in [0.2, 0.25) is 0 Å². The van der Waals surface area contributed by atoms with Crippen molar-refractivity contribution in [2.24, 2.45) is 0 Å². The molecule has 1 rings (SSSR count). The average Bonchev–Trinajstić information content (AvgIpc) is 2.28. The molecule has 0 amide bonds. The Kier molecular flexibility index (Phi) is 7.49. The minimum atomic E-state index is -4.53. The monoisotopic (exact) mass is 300 g/mol. The van der Waals surface area contributed by atoms with Crippen LogP contribution in [0.25, 0.3) is 0 Å². The van der Waals surface area contributed by atoms with Gasteiger partial charge in [-0.2, -0.15) is 8.42 Å². The first-order valence-corrected chi connectivity index (χ1v) is 6.29. The molecule has 0 aliphatic rings. The van der Waals surface area contributed by atoms with Crippen LogP contribution in [0.1, 0.15) is 1.43 Å². The van der Waals surface area contributed by atoms with Crippen LogP contribution >= 0.6 is 0 Å². The van der Waals surface area contributed by atoms with Gasteiger partial charge in [-0.1, -0.05) is 0 Å². The van der Waals surface area contributed by atoms with Crippen molar-refractivity contribution >= 4 is 21.5 Å². The number of hydrogen-bond donors (Lipinski definition) is 2. The molecule has 0 fully saturated rings. The maximum absolute atomic E-state index is 11.1. The fourth-order valence-electron chi connectivity index (χ4n) is 1.27. The number of non-ortho nitro benzene ring substituents is 1. The van der Waals surface area contributed by atoms with E-state index in [1.165, 1.54) is 13.2 Å². The SMILES string of the molecule is COCCNc1ccc([N+](=O)[O-])cc1S(=O)(=O)O.[H-].[Na+]. The molecule has 10 heteroatoms. The summed E-state index contributed by atoms with van der Waals surface area (Å²) in [7, 11) is -3.06. The zero-order valence-electron chi connectivity index (χ0n) is 11.5. The molecule has 0 bridgehead atoms. The van der Waals surface area contributed by atoms with Crippen LogP contribution in [0, 0.1) is 10.1 Å². The number of benzene rings is 1. The van der Waals surface area contributed by atoms with Crippen LogP contribution in [-0.4, -0.2) is 38.2 Å². The maximum Gasteiger partial charge on any atom is 1.00 e. The number of hydrogen-bond acceptors (Lipinski definition) is 6. The van der Waals surface area contributed by atoms with Gasteiger partial charge in [0.05, 0.1) is 17.2 Å². The van der Waals surface area contributed by atoms with E-state index >= 15 is 0 Å². The average molecular weight is 300 g/mol. The largest absolute Gasteiger partial charge is 1.00 e. The van der Waals surface area contributed by atoms with Crippen molar-refractivity contribution < 1.29 is 53.6 Å². The van der Waals surface area contributed by atoms with E-state index in [0.29, 0.717) is 13.2 Å². The Hall–Kier alpha value is -0.710. The molecule has 0 saturated carbocycles. The summed E-state index contributed by atoms with van der Waals surface area (Å²) in [6, 6.07) is 3.16.